The minimum atomic E-state index is -3.60. The van der Waals surface area contributed by atoms with Crippen LogP contribution in [0.15, 0.2) is 0 Å². The number of hydrogen-bond donors (Lipinski definition) is 1. The zero-order valence-corrected chi connectivity index (χ0v) is 9.01. The van der Waals surface area contributed by atoms with Crippen molar-refractivity contribution in [1.29, 1.82) is 0 Å². The predicted molar refractivity (Wildman–Crippen MR) is 49.4 cm³/mol. The van der Waals surface area contributed by atoms with E-state index in [-0.39, 0.29) is 11.8 Å². The molecular formula is C7H11NO4S2. The standard InChI is InChI=1S/C7H11NO4S2/c9-13(10)6-4-1-2-5(3-4)7(6)14(11,12)8-13/h4-8H,1-3H2. The van der Waals surface area contributed by atoms with Gasteiger partial charge in [0, 0.05) is 0 Å². The molecule has 2 saturated carbocycles. The Morgan fingerprint density at radius 1 is 0.857 bits per heavy atom. The lowest BCUT2D eigenvalue weighted by molar-refractivity contribution is 0.466. The van der Waals surface area contributed by atoms with Crippen LogP contribution >= 0.6 is 0 Å². The Kier molecular flexibility index (Phi) is 1.52. The number of rotatable bonds is 0. The van der Waals surface area contributed by atoms with E-state index in [0.29, 0.717) is 0 Å². The average Bonchev–Trinajstić information content (AvgIpc) is 2.61. The van der Waals surface area contributed by atoms with Crippen LogP contribution in [0.3, 0.4) is 0 Å². The van der Waals surface area contributed by atoms with Crippen molar-refractivity contribution < 1.29 is 16.8 Å². The molecule has 1 aliphatic heterocycles. The summed E-state index contributed by atoms with van der Waals surface area (Å²) in [6, 6.07) is 0. The molecule has 1 heterocycles. The largest absolute Gasteiger partial charge is 0.229 e. The lowest BCUT2D eigenvalue weighted by Crippen LogP contribution is -2.34. The third-order valence-electron chi connectivity index (χ3n) is 3.72. The van der Waals surface area contributed by atoms with Crippen molar-refractivity contribution >= 4 is 20.0 Å². The molecule has 4 unspecified atom stereocenters. The van der Waals surface area contributed by atoms with E-state index >= 15 is 0 Å². The molecule has 3 fully saturated rings. The van der Waals surface area contributed by atoms with Crippen molar-refractivity contribution in [3.63, 3.8) is 0 Å². The van der Waals surface area contributed by atoms with Gasteiger partial charge in [-0.15, -0.1) is 4.13 Å². The van der Waals surface area contributed by atoms with Gasteiger partial charge in [-0.3, -0.25) is 0 Å². The van der Waals surface area contributed by atoms with Gasteiger partial charge in [-0.05, 0) is 31.1 Å². The summed E-state index contributed by atoms with van der Waals surface area (Å²) in [4.78, 5) is 0. The number of nitrogens with one attached hydrogen (secondary N) is 1. The molecular weight excluding hydrogens is 226 g/mol. The summed E-state index contributed by atoms with van der Waals surface area (Å²) >= 11 is 0. The zero-order chi connectivity index (χ0) is 10.1. The van der Waals surface area contributed by atoms with Crippen LogP contribution in [-0.4, -0.2) is 27.3 Å². The molecule has 2 bridgehead atoms. The van der Waals surface area contributed by atoms with Gasteiger partial charge in [0.25, 0.3) is 0 Å². The highest BCUT2D eigenvalue weighted by molar-refractivity contribution is 8.08. The van der Waals surface area contributed by atoms with Crippen molar-refractivity contribution in [3.8, 4) is 0 Å². The molecule has 1 N–H and O–H groups in total. The van der Waals surface area contributed by atoms with Gasteiger partial charge in [0.2, 0.25) is 20.0 Å². The fourth-order valence-corrected chi connectivity index (χ4v) is 9.04. The first-order valence-corrected chi connectivity index (χ1v) is 7.77. The van der Waals surface area contributed by atoms with E-state index in [9.17, 15) is 16.8 Å². The molecule has 2 aliphatic carbocycles. The highest BCUT2D eigenvalue weighted by Gasteiger charge is 2.63. The van der Waals surface area contributed by atoms with E-state index in [0.717, 1.165) is 19.3 Å². The maximum atomic E-state index is 11.6. The summed E-state index contributed by atoms with van der Waals surface area (Å²) in [6.07, 6.45) is 2.50. The molecule has 3 aliphatic rings. The summed E-state index contributed by atoms with van der Waals surface area (Å²) in [7, 11) is -7.20. The first-order chi connectivity index (χ1) is 6.42. The van der Waals surface area contributed by atoms with Crippen LogP contribution in [0.25, 0.3) is 0 Å². The Morgan fingerprint density at radius 2 is 1.29 bits per heavy atom. The van der Waals surface area contributed by atoms with E-state index in [4.69, 9.17) is 0 Å². The SMILES string of the molecule is O=S1(=O)NS(=O)(=O)C2C3CCC(C3)C21. The van der Waals surface area contributed by atoms with E-state index in [1.807, 2.05) is 4.13 Å². The van der Waals surface area contributed by atoms with Gasteiger partial charge < -0.3 is 0 Å². The summed E-state index contributed by atoms with van der Waals surface area (Å²) in [6.45, 7) is 0. The van der Waals surface area contributed by atoms with Crippen LogP contribution < -0.4 is 4.13 Å². The fraction of sp³-hybridized carbons (Fsp3) is 1.00. The van der Waals surface area contributed by atoms with Gasteiger partial charge in [0.05, 0.1) is 10.5 Å². The van der Waals surface area contributed by atoms with Crippen molar-refractivity contribution in [2.75, 3.05) is 0 Å². The third kappa shape index (κ3) is 0.926. The molecule has 0 aromatic carbocycles. The lowest BCUT2D eigenvalue weighted by Gasteiger charge is -2.19. The Balaban J connectivity index is 2.20. The smallest absolute Gasteiger partial charge is 0.211 e. The van der Waals surface area contributed by atoms with Gasteiger partial charge in [-0.1, -0.05) is 0 Å². The van der Waals surface area contributed by atoms with Gasteiger partial charge in [-0.2, -0.15) is 0 Å². The van der Waals surface area contributed by atoms with Crippen LogP contribution in [0.5, 0.6) is 0 Å². The topological polar surface area (TPSA) is 80.3 Å². The second kappa shape index (κ2) is 2.33. The first kappa shape index (κ1) is 9.11. The monoisotopic (exact) mass is 237 g/mol. The molecule has 3 rings (SSSR count). The van der Waals surface area contributed by atoms with Crippen LogP contribution in [0, 0.1) is 11.8 Å². The second-order valence-corrected chi connectivity index (χ2v) is 8.37. The Bertz CT molecular complexity index is 436. The summed E-state index contributed by atoms with van der Waals surface area (Å²) in [5.41, 5.74) is 0. The van der Waals surface area contributed by atoms with Crippen LogP contribution in [0.4, 0.5) is 0 Å². The third-order valence-corrected chi connectivity index (χ3v) is 8.54. The van der Waals surface area contributed by atoms with E-state index < -0.39 is 30.5 Å². The highest BCUT2D eigenvalue weighted by Crippen LogP contribution is 2.52. The van der Waals surface area contributed by atoms with Crippen molar-refractivity contribution in [2.45, 2.75) is 29.8 Å². The van der Waals surface area contributed by atoms with Crippen LogP contribution in [0.2, 0.25) is 0 Å². The molecule has 7 heteroatoms. The van der Waals surface area contributed by atoms with Crippen molar-refractivity contribution in [2.24, 2.45) is 11.8 Å². The fourth-order valence-electron chi connectivity index (χ4n) is 3.32. The second-order valence-electron chi connectivity index (χ2n) is 4.44. The van der Waals surface area contributed by atoms with E-state index in [2.05, 4.69) is 0 Å². The summed E-state index contributed by atoms with van der Waals surface area (Å²) in [5, 5.41) is -1.32. The Labute approximate surface area is 83.0 Å². The summed E-state index contributed by atoms with van der Waals surface area (Å²) < 4.78 is 48.1. The molecule has 80 valence electrons. The molecule has 0 amide bonds. The zero-order valence-electron chi connectivity index (χ0n) is 7.38. The number of hydrogen-bond acceptors (Lipinski definition) is 4. The molecule has 4 atom stereocenters. The van der Waals surface area contributed by atoms with E-state index in [1.165, 1.54) is 0 Å². The normalized spacial score (nSPS) is 52.0. The maximum absolute atomic E-state index is 11.6. The number of fused-ring (bicyclic) bond motifs is 5. The van der Waals surface area contributed by atoms with Gasteiger partial charge in [-0.25, -0.2) is 16.8 Å². The highest BCUT2D eigenvalue weighted by atomic mass is 32.3. The van der Waals surface area contributed by atoms with Crippen LogP contribution in [0.1, 0.15) is 19.3 Å². The minimum Gasteiger partial charge on any atom is -0.211 e. The maximum Gasteiger partial charge on any atom is 0.229 e. The van der Waals surface area contributed by atoms with Gasteiger partial charge in [0.1, 0.15) is 0 Å². The van der Waals surface area contributed by atoms with Crippen LogP contribution in [-0.2, 0) is 20.0 Å². The molecule has 1 saturated heterocycles. The molecule has 14 heavy (non-hydrogen) atoms. The van der Waals surface area contributed by atoms with Gasteiger partial charge >= 0.3 is 0 Å². The lowest BCUT2D eigenvalue weighted by atomic mass is 10.00. The molecule has 5 nitrogen and oxygen atoms in total. The van der Waals surface area contributed by atoms with Crippen molar-refractivity contribution in [1.82, 2.24) is 4.13 Å². The molecule has 0 aromatic heterocycles. The van der Waals surface area contributed by atoms with Gasteiger partial charge in [0.15, 0.2) is 0 Å². The van der Waals surface area contributed by atoms with Crippen molar-refractivity contribution in [3.05, 3.63) is 0 Å². The first-order valence-electron chi connectivity index (χ1n) is 4.68. The average molecular weight is 237 g/mol. The quantitative estimate of drug-likeness (QED) is 0.611. The molecule has 0 spiro atoms. The molecule has 0 aromatic rings. The van der Waals surface area contributed by atoms with E-state index in [1.54, 1.807) is 0 Å². The molecule has 0 radical (unpaired) electrons. The predicted octanol–water partition coefficient (Wildman–Crippen LogP) is -0.584. The Hall–Kier alpha value is -0.140. The minimum absolute atomic E-state index is 0.0692. The number of sulfonamides is 2. The Morgan fingerprint density at radius 3 is 1.71 bits per heavy atom. The summed E-state index contributed by atoms with van der Waals surface area (Å²) in [5.74, 6) is 0.138.